The maximum absolute atomic E-state index is 13.4. The lowest BCUT2D eigenvalue weighted by molar-refractivity contribution is -0.158. The number of hydrogen-bond donors (Lipinski definition) is 2. The van der Waals surface area contributed by atoms with E-state index in [9.17, 15) is 9.59 Å². The molecule has 0 aliphatic heterocycles. The number of alkyl carbamates (subject to hydrolysis) is 1. The third kappa shape index (κ3) is 6.84. The number of carbonyl (C=O) groups excluding carboxylic acids is 2. The van der Waals surface area contributed by atoms with Gasteiger partial charge in [-0.25, -0.2) is 9.59 Å². The summed E-state index contributed by atoms with van der Waals surface area (Å²) in [5.74, 6) is -0.448. The first-order valence-electron chi connectivity index (χ1n) is 14.1. The van der Waals surface area contributed by atoms with Crippen LogP contribution in [0.15, 0.2) is 61.2 Å². The van der Waals surface area contributed by atoms with Crippen molar-refractivity contribution in [2.24, 2.45) is 5.73 Å². The van der Waals surface area contributed by atoms with E-state index in [1.165, 1.54) is 11.1 Å². The highest BCUT2D eigenvalue weighted by Gasteiger charge is 2.39. The molecule has 0 heterocycles. The van der Waals surface area contributed by atoms with Crippen molar-refractivity contribution >= 4 is 12.1 Å². The maximum Gasteiger partial charge on any atom is 0.408 e. The molecule has 6 nitrogen and oxygen atoms in total. The summed E-state index contributed by atoms with van der Waals surface area (Å²) in [5.41, 5.74) is 9.59. The lowest BCUT2D eigenvalue weighted by Crippen LogP contribution is -2.54. The molecule has 3 atom stereocenters. The first kappa shape index (κ1) is 27.9. The second-order valence-electron chi connectivity index (χ2n) is 11.0. The van der Waals surface area contributed by atoms with Crippen molar-refractivity contribution in [2.45, 2.75) is 94.7 Å². The maximum atomic E-state index is 13.4. The molecule has 2 aliphatic carbocycles. The van der Waals surface area contributed by atoms with E-state index in [2.05, 4.69) is 36.2 Å². The minimum atomic E-state index is -1.16. The molecule has 4 rings (SSSR count). The zero-order chi connectivity index (χ0) is 27.0. The minimum absolute atomic E-state index is 0.0417. The fourth-order valence-electron chi connectivity index (χ4n) is 5.77. The molecule has 2 aromatic rings. The van der Waals surface area contributed by atoms with Crippen LogP contribution in [-0.2, 0) is 14.3 Å². The second-order valence-corrected chi connectivity index (χ2v) is 11.0. The number of unbranched alkanes of at least 4 members (excludes halogenated alkanes) is 4. The van der Waals surface area contributed by atoms with Gasteiger partial charge >= 0.3 is 12.1 Å². The fourth-order valence-corrected chi connectivity index (χ4v) is 5.77. The van der Waals surface area contributed by atoms with Gasteiger partial charge in [0.2, 0.25) is 0 Å². The summed E-state index contributed by atoms with van der Waals surface area (Å²) in [5, 5.41) is 2.88. The van der Waals surface area contributed by atoms with Crippen molar-refractivity contribution in [1.82, 2.24) is 5.32 Å². The molecule has 6 heteroatoms. The Hall–Kier alpha value is -3.12. The van der Waals surface area contributed by atoms with Crippen LogP contribution in [0.5, 0.6) is 0 Å². The van der Waals surface area contributed by atoms with Crippen molar-refractivity contribution in [3.05, 3.63) is 72.3 Å². The van der Waals surface area contributed by atoms with Gasteiger partial charge in [-0.3, -0.25) is 0 Å². The molecule has 3 N–H and O–H groups in total. The zero-order valence-corrected chi connectivity index (χ0v) is 22.6. The summed E-state index contributed by atoms with van der Waals surface area (Å²) in [6.07, 6.45) is 9.86. The number of allylic oxidation sites excluding steroid dienone is 1. The van der Waals surface area contributed by atoms with Crippen molar-refractivity contribution in [3.63, 3.8) is 0 Å². The van der Waals surface area contributed by atoms with Gasteiger partial charge < -0.3 is 20.5 Å². The molecule has 0 aromatic heterocycles. The van der Waals surface area contributed by atoms with E-state index in [1.54, 1.807) is 6.92 Å². The molecule has 38 heavy (non-hydrogen) atoms. The van der Waals surface area contributed by atoms with Gasteiger partial charge in [-0.15, -0.1) is 6.58 Å². The number of benzene rings is 2. The molecule has 2 unspecified atom stereocenters. The average molecular weight is 519 g/mol. The number of hydrogen-bond acceptors (Lipinski definition) is 5. The summed E-state index contributed by atoms with van der Waals surface area (Å²) in [6.45, 7) is 5.73. The van der Waals surface area contributed by atoms with Gasteiger partial charge in [0.15, 0.2) is 0 Å². The highest BCUT2D eigenvalue weighted by Crippen LogP contribution is 2.44. The normalized spacial score (nSPS) is 20.1. The molecule has 0 bridgehead atoms. The van der Waals surface area contributed by atoms with Crippen LogP contribution in [0.1, 0.15) is 88.2 Å². The molecular formula is C32H42N2O4. The van der Waals surface area contributed by atoms with Crippen LogP contribution in [0.3, 0.4) is 0 Å². The second kappa shape index (κ2) is 13.1. The largest absolute Gasteiger partial charge is 0.461 e. The summed E-state index contributed by atoms with van der Waals surface area (Å²) in [6, 6.07) is 16.5. The molecule has 2 aliphatic rings. The first-order valence-corrected chi connectivity index (χ1v) is 14.1. The van der Waals surface area contributed by atoms with Gasteiger partial charge in [-0.2, -0.15) is 0 Å². The Kier molecular flexibility index (Phi) is 9.62. The van der Waals surface area contributed by atoms with Crippen molar-refractivity contribution < 1.29 is 19.1 Å². The fraction of sp³-hybridized carbons (Fsp3) is 0.500. The van der Waals surface area contributed by atoms with Crippen LogP contribution in [0.2, 0.25) is 0 Å². The van der Waals surface area contributed by atoms with Gasteiger partial charge in [0.05, 0.1) is 0 Å². The van der Waals surface area contributed by atoms with Gasteiger partial charge in [-0.05, 0) is 74.1 Å². The Labute approximate surface area is 227 Å². The summed E-state index contributed by atoms with van der Waals surface area (Å²) in [4.78, 5) is 26.5. The van der Waals surface area contributed by atoms with Crippen LogP contribution >= 0.6 is 0 Å². The standard InChI is InChI=1S/C32H42N2O4/c1-3-4-5-6-7-12-20-32(2,30(35)38-24-15-13-14-23(33)21-24)34-31(36)37-22-29-27-18-10-8-16-25(27)26-17-9-11-19-28(26)29/h3,8-11,16-19,23-24,29H,1,4-7,12-15,20-22,33H2,2H3,(H,34,36)/t23?,24?,32-/m1/s1. The highest BCUT2D eigenvalue weighted by atomic mass is 16.6. The van der Waals surface area contributed by atoms with Crippen LogP contribution in [0.4, 0.5) is 4.79 Å². The lowest BCUT2D eigenvalue weighted by atomic mass is 9.91. The topological polar surface area (TPSA) is 90.6 Å². The van der Waals surface area contributed by atoms with Crippen LogP contribution in [-0.4, -0.2) is 36.4 Å². The first-order chi connectivity index (χ1) is 18.4. The van der Waals surface area contributed by atoms with E-state index in [1.807, 2.05) is 30.3 Å². The number of esters is 1. The number of nitrogens with one attached hydrogen (secondary N) is 1. The Bertz CT molecular complexity index is 1070. The van der Waals surface area contributed by atoms with Crippen LogP contribution in [0, 0.1) is 0 Å². The van der Waals surface area contributed by atoms with Crippen LogP contribution < -0.4 is 11.1 Å². The predicted octanol–water partition coefficient (Wildman–Crippen LogP) is 6.62. The number of carbonyl (C=O) groups is 2. The van der Waals surface area contributed by atoms with Crippen molar-refractivity contribution in [1.29, 1.82) is 0 Å². The number of amides is 1. The minimum Gasteiger partial charge on any atom is -0.461 e. The Morgan fingerprint density at radius 3 is 2.34 bits per heavy atom. The monoisotopic (exact) mass is 518 g/mol. The van der Waals surface area contributed by atoms with Crippen LogP contribution in [0.25, 0.3) is 11.1 Å². The van der Waals surface area contributed by atoms with E-state index in [4.69, 9.17) is 15.2 Å². The van der Waals surface area contributed by atoms with E-state index in [0.29, 0.717) is 12.8 Å². The van der Waals surface area contributed by atoms with Crippen molar-refractivity contribution in [2.75, 3.05) is 6.61 Å². The molecule has 0 saturated heterocycles. The van der Waals surface area contributed by atoms with E-state index >= 15 is 0 Å². The lowest BCUT2D eigenvalue weighted by Gasteiger charge is -2.33. The molecule has 1 saturated carbocycles. The van der Waals surface area contributed by atoms with Gasteiger partial charge in [-0.1, -0.05) is 73.9 Å². The molecule has 1 fully saturated rings. The molecule has 0 radical (unpaired) electrons. The highest BCUT2D eigenvalue weighted by molar-refractivity contribution is 5.85. The number of rotatable bonds is 12. The zero-order valence-electron chi connectivity index (χ0n) is 22.6. The van der Waals surface area contributed by atoms with Gasteiger partial charge in [0, 0.05) is 12.0 Å². The predicted molar refractivity (Wildman–Crippen MR) is 151 cm³/mol. The molecule has 204 valence electrons. The molecule has 1 amide bonds. The van der Waals surface area contributed by atoms with E-state index < -0.39 is 17.6 Å². The van der Waals surface area contributed by atoms with Gasteiger partial charge in [0.1, 0.15) is 18.2 Å². The van der Waals surface area contributed by atoms with Gasteiger partial charge in [0.25, 0.3) is 0 Å². The average Bonchev–Trinajstić information content (AvgIpc) is 3.23. The van der Waals surface area contributed by atoms with Crippen molar-refractivity contribution in [3.8, 4) is 11.1 Å². The Morgan fingerprint density at radius 1 is 1.03 bits per heavy atom. The smallest absolute Gasteiger partial charge is 0.408 e. The molecule has 0 spiro atoms. The number of nitrogens with two attached hydrogens (primary N) is 1. The summed E-state index contributed by atoms with van der Waals surface area (Å²) in [7, 11) is 0. The Balaban J connectivity index is 1.40. The summed E-state index contributed by atoms with van der Waals surface area (Å²) < 4.78 is 11.7. The third-order valence-electron chi connectivity index (χ3n) is 7.95. The summed E-state index contributed by atoms with van der Waals surface area (Å²) >= 11 is 0. The SMILES string of the molecule is C=CCCCCCC[C@@](C)(NC(=O)OCC1c2ccccc2-c2ccccc21)C(=O)OC1CCCC(N)C1. The number of ether oxygens (including phenoxy) is 2. The van der Waals surface area contributed by atoms with E-state index in [0.717, 1.165) is 62.5 Å². The molecule has 2 aromatic carbocycles. The number of fused-ring (bicyclic) bond motifs is 3. The van der Waals surface area contributed by atoms with E-state index in [-0.39, 0.29) is 24.7 Å². The molecular weight excluding hydrogens is 476 g/mol. The third-order valence-corrected chi connectivity index (χ3v) is 7.95. The Morgan fingerprint density at radius 2 is 1.68 bits per heavy atom. The quantitative estimate of drug-likeness (QED) is 0.187.